The van der Waals surface area contributed by atoms with Gasteiger partial charge in [0.05, 0.1) is 12.7 Å². The van der Waals surface area contributed by atoms with E-state index >= 15 is 0 Å². The van der Waals surface area contributed by atoms with Crippen LogP contribution < -0.4 is 10.6 Å². The number of carbonyl (C=O) groups is 3. The van der Waals surface area contributed by atoms with Gasteiger partial charge in [-0.2, -0.15) is 0 Å². The van der Waals surface area contributed by atoms with E-state index in [0.717, 1.165) is 37.0 Å². The maximum atomic E-state index is 12.9. The van der Waals surface area contributed by atoms with E-state index < -0.39 is 30.6 Å². The van der Waals surface area contributed by atoms with Crippen molar-refractivity contribution in [1.82, 2.24) is 10.6 Å². The summed E-state index contributed by atoms with van der Waals surface area (Å²) < 4.78 is 0. The molecule has 0 radical (unpaired) electrons. The molecule has 11 atom stereocenters. The largest absolute Gasteiger partial charge is 0.480 e. The van der Waals surface area contributed by atoms with Gasteiger partial charge in [0.25, 0.3) is 0 Å². The number of aliphatic hydroxyl groups is 2. The quantitative estimate of drug-likeness (QED) is 0.272. The summed E-state index contributed by atoms with van der Waals surface area (Å²) in [7, 11) is 0. The standard InChI is InChI=1S/C32H54N2O6/c1-18(2)28(29(38)33-26(17-35)30(39)40)34-27(37)11-6-19(3)23-9-10-24-22-8-7-20-16-21(36)12-14-31(20,4)25(22)13-15-32(23,24)5/h18-26,28,35-36H,6-17H2,1-5H3,(H,33,38)(H,34,37)(H,39,40)/t19-,20-,21-,22+,23-,24+,25+,26+,28+,31+,32-/m1/s1. The summed E-state index contributed by atoms with van der Waals surface area (Å²) in [6.07, 6.45) is 11.7. The molecule has 4 aliphatic rings. The first-order valence-corrected chi connectivity index (χ1v) is 15.9. The molecule has 0 spiro atoms. The van der Waals surface area contributed by atoms with Crippen molar-refractivity contribution in [3.05, 3.63) is 0 Å². The van der Waals surface area contributed by atoms with Crippen molar-refractivity contribution in [2.24, 2.45) is 52.3 Å². The number of hydrogen-bond acceptors (Lipinski definition) is 5. The first-order valence-electron chi connectivity index (χ1n) is 15.9. The van der Waals surface area contributed by atoms with Crippen LogP contribution >= 0.6 is 0 Å². The monoisotopic (exact) mass is 562 g/mol. The number of nitrogens with one attached hydrogen (secondary N) is 2. The summed E-state index contributed by atoms with van der Waals surface area (Å²) in [6, 6.07) is -2.24. The number of fused-ring (bicyclic) bond motifs is 5. The number of hydrogen-bond donors (Lipinski definition) is 5. The molecule has 0 aliphatic heterocycles. The number of carboxylic acids is 1. The maximum absolute atomic E-state index is 12.9. The molecule has 0 saturated heterocycles. The lowest BCUT2D eigenvalue weighted by molar-refractivity contribution is -0.143. The average Bonchev–Trinajstić information content (AvgIpc) is 3.26. The van der Waals surface area contributed by atoms with Gasteiger partial charge in [0, 0.05) is 6.42 Å². The fourth-order valence-corrected chi connectivity index (χ4v) is 10.00. The molecule has 2 amide bonds. The second kappa shape index (κ2) is 12.3. The molecule has 4 aliphatic carbocycles. The molecular weight excluding hydrogens is 508 g/mol. The van der Waals surface area contributed by atoms with E-state index in [1.165, 1.54) is 44.9 Å². The van der Waals surface area contributed by atoms with Crippen molar-refractivity contribution in [3.63, 3.8) is 0 Å². The first kappa shape index (κ1) is 31.3. The van der Waals surface area contributed by atoms with Crippen molar-refractivity contribution >= 4 is 17.8 Å². The minimum Gasteiger partial charge on any atom is -0.480 e. The van der Waals surface area contributed by atoms with E-state index in [9.17, 15) is 24.6 Å². The van der Waals surface area contributed by atoms with Crippen LogP contribution in [0.2, 0.25) is 0 Å². The van der Waals surface area contributed by atoms with E-state index in [1.807, 2.05) is 0 Å². The lowest BCUT2D eigenvalue weighted by atomic mass is 9.44. The Morgan fingerprint density at radius 1 is 0.900 bits per heavy atom. The third-order valence-electron chi connectivity index (χ3n) is 12.3. The molecule has 0 aromatic rings. The number of carbonyl (C=O) groups excluding carboxylic acids is 2. The summed E-state index contributed by atoms with van der Waals surface area (Å²) in [5, 5.41) is 33.9. The van der Waals surface area contributed by atoms with E-state index in [1.54, 1.807) is 13.8 Å². The van der Waals surface area contributed by atoms with Gasteiger partial charge in [0.15, 0.2) is 0 Å². The Kier molecular flexibility index (Phi) is 9.60. The third kappa shape index (κ3) is 5.95. The van der Waals surface area contributed by atoms with Gasteiger partial charge in [0.1, 0.15) is 12.1 Å². The molecule has 40 heavy (non-hydrogen) atoms. The second-order valence-electron chi connectivity index (χ2n) is 14.7. The molecule has 4 fully saturated rings. The fourth-order valence-electron chi connectivity index (χ4n) is 10.00. The van der Waals surface area contributed by atoms with Crippen LogP contribution in [0.4, 0.5) is 0 Å². The van der Waals surface area contributed by atoms with E-state index in [2.05, 4.69) is 31.4 Å². The number of aliphatic carboxylic acids is 1. The predicted octanol–water partition coefficient (Wildman–Crippen LogP) is 4.13. The van der Waals surface area contributed by atoms with Gasteiger partial charge in [-0.15, -0.1) is 0 Å². The van der Waals surface area contributed by atoms with Crippen molar-refractivity contribution < 1.29 is 29.7 Å². The molecule has 228 valence electrons. The molecule has 0 bridgehead atoms. The Morgan fingerprint density at radius 3 is 2.23 bits per heavy atom. The zero-order valence-electron chi connectivity index (χ0n) is 25.3. The Bertz CT molecular complexity index is 940. The van der Waals surface area contributed by atoms with Crippen LogP contribution in [0.15, 0.2) is 0 Å². The lowest BCUT2D eigenvalue weighted by Gasteiger charge is -2.61. The Balaban J connectivity index is 1.34. The maximum Gasteiger partial charge on any atom is 0.328 e. The van der Waals surface area contributed by atoms with Gasteiger partial charge < -0.3 is 26.0 Å². The van der Waals surface area contributed by atoms with Crippen molar-refractivity contribution in [2.45, 2.75) is 123 Å². The predicted molar refractivity (Wildman–Crippen MR) is 153 cm³/mol. The molecule has 8 heteroatoms. The summed E-state index contributed by atoms with van der Waals surface area (Å²) >= 11 is 0. The summed E-state index contributed by atoms with van der Waals surface area (Å²) in [6.45, 7) is 10.3. The van der Waals surface area contributed by atoms with Crippen LogP contribution in [0, 0.1) is 52.3 Å². The average molecular weight is 563 g/mol. The molecule has 0 aromatic heterocycles. The van der Waals surface area contributed by atoms with E-state index in [4.69, 9.17) is 5.11 Å². The minimum atomic E-state index is -1.39. The molecular formula is C32H54N2O6. The molecule has 5 N–H and O–H groups in total. The highest BCUT2D eigenvalue weighted by atomic mass is 16.4. The summed E-state index contributed by atoms with van der Waals surface area (Å²) in [5.74, 6) is 1.69. The molecule has 0 heterocycles. The zero-order valence-corrected chi connectivity index (χ0v) is 25.3. The smallest absolute Gasteiger partial charge is 0.328 e. The highest BCUT2D eigenvalue weighted by Gasteiger charge is 2.60. The van der Waals surface area contributed by atoms with Crippen molar-refractivity contribution in [2.75, 3.05) is 6.61 Å². The molecule has 4 saturated carbocycles. The summed E-state index contributed by atoms with van der Waals surface area (Å²) in [5.41, 5.74) is 0.692. The number of amides is 2. The Morgan fingerprint density at radius 2 is 1.57 bits per heavy atom. The number of rotatable bonds is 10. The third-order valence-corrected chi connectivity index (χ3v) is 12.3. The van der Waals surface area contributed by atoms with Crippen LogP contribution in [0.3, 0.4) is 0 Å². The van der Waals surface area contributed by atoms with Gasteiger partial charge in [-0.3, -0.25) is 9.59 Å². The lowest BCUT2D eigenvalue weighted by Crippen LogP contribution is -2.54. The van der Waals surface area contributed by atoms with Crippen LogP contribution in [-0.4, -0.2) is 57.9 Å². The van der Waals surface area contributed by atoms with E-state index in [0.29, 0.717) is 35.0 Å². The van der Waals surface area contributed by atoms with Crippen molar-refractivity contribution in [3.8, 4) is 0 Å². The van der Waals surface area contributed by atoms with Gasteiger partial charge in [-0.1, -0.05) is 34.6 Å². The van der Waals surface area contributed by atoms with Crippen LogP contribution in [0.1, 0.15) is 105 Å². The van der Waals surface area contributed by atoms with Gasteiger partial charge in [0.2, 0.25) is 11.8 Å². The zero-order chi connectivity index (χ0) is 29.4. The van der Waals surface area contributed by atoms with Crippen molar-refractivity contribution in [1.29, 1.82) is 0 Å². The number of aliphatic hydroxyl groups excluding tert-OH is 2. The fraction of sp³-hybridized carbons (Fsp3) is 0.906. The SMILES string of the molecule is CC(C)[C@H](NC(=O)CC[C@@H](C)[C@H]1CC[C@H]2[C@@H]3CC[C@@H]4C[C@H](O)CC[C@]4(C)[C@H]3CC[C@]12C)C(=O)N[C@@H](CO)C(=O)O. The van der Waals surface area contributed by atoms with Gasteiger partial charge in [-0.25, -0.2) is 4.79 Å². The molecule has 0 aromatic carbocycles. The number of carboxylic acid groups (broad SMARTS) is 1. The highest BCUT2D eigenvalue weighted by molar-refractivity contribution is 5.90. The highest BCUT2D eigenvalue weighted by Crippen LogP contribution is 2.68. The van der Waals surface area contributed by atoms with Crippen LogP contribution in [0.5, 0.6) is 0 Å². The first-order chi connectivity index (χ1) is 18.8. The molecule has 0 unspecified atom stereocenters. The Labute approximate surface area is 240 Å². The van der Waals surface area contributed by atoms with E-state index in [-0.39, 0.29) is 17.9 Å². The van der Waals surface area contributed by atoms with Gasteiger partial charge >= 0.3 is 5.97 Å². The Hall–Kier alpha value is -1.67. The summed E-state index contributed by atoms with van der Waals surface area (Å²) in [4.78, 5) is 36.8. The van der Waals surface area contributed by atoms with Crippen LogP contribution in [0.25, 0.3) is 0 Å². The molecule has 8 nitrogen and oxygen atoms in total. The van der Waals surface area contributed by atoms with Gasteiger partial charge in [-0.05, 0) is 116 Å². The van der Waals surface area contributed by atoms with Crippen LogP contribution in [-0.2, 0) is 14.4 Å². The molecule has 4 rings (SSSR count). The normalized spacial score (nSPS) is 39.3. The minimum absolute atomic E-state index is 0.107. The topological polar surface area (TPSA) is 136 Å². The second-order valence-corrected chi connectivity index (χ2v) is 14.7.